The van der Waals surface area contributed by atoms with E-state index in [1.807, 2.05) is 13.0 Å². The number of aromatic nitrogens is 4. The largest absolute Gasteiger partial charge is 0.451 e. The smallest absolute Gasteiger partial charge is 0.381 e. The van der Waals surface area contributed by atoms with Crippen LogP contribution in [0.15, 0.2) is 12.3 Å². The van der Waals surface area contributed by atoms with Crippen molar-refractivity contribution in [2.24, 2.45) is 0 Å². The van der Waals surface area contributed by atoms with Crippen molar-refractivity contribution in [3.63, 3.8) is 0 Å². The monoisotopic (exact) mass is 312 g/mol. The first-order chi connectivity index (χ1) is 10.4. The molecule has 22 heavy (non-hydrogen) atoms. The van der Waals surface area contributed by atoms with Crippen LogP contribution in [0.3, 0.4) is 0 Å². The van der Waals surface area contributed by atoms with E-state index in [4.69, 9.17) is 4.74 Å². The van der Waals surface area contributed by atoms with Crippen LogP contribution in [0.4, 0.5) is 13.2 Å². The number of nitrogens with zero attached hydrogens (tertiary/aromatic N) is 3. The molecule has 2 aromatic rings. The molecule has 1 fully saturated rings. The lowest BCUT2D eigenvalue weighted by Crippen LogP contribution is -2.15. The molecule has 1 aliphatic heterocycles. The highest BCUT2D eigenvalue weighted by molar-refractivity contribution is 5.55. The zero-order valence-corrected chi connectivity index (χ0v) is 11.9. The van der Waals surface area contributed by atoms with Crippen LogP contribution in [-0.2, 0) is 10.9 Å². The van der Waals surface area contributed by atoms with Crippen LogP contribution < -0.4 is 0 Å². The average Bonchev–Trinajstić information content (AvgIpc) is 2.99. The molecule has 2 aromatic heterocycles. The molecule has 3 heterocycles. The minimum absolute atomic E-state index is 0.0770. The van der Waals surface area contributed by atoms with Gasteiger partial charge >= 0.3 is 6.18 Å². The highest BCUT2D eigenvalue weighted by Gasteiger charge is 2.35. The van der Waals surface area contributed by atoms with Gasteiger partial charge in [-0.25, -0.2) is 0 Å². The molecule has 3 rings (SSSR count). The maximum absolute atomic E-state index is 12.6. The first-order valence-electron chi connectivity index (χ1n) is 6.99. The van der Waals surface area contributed by atoms with E-state index in [9.17, 15) is 13.2 Å². The predicted octanol–water partition coefficient (Wildman–Crippen LogP) is 3.09. The molecule has 1 N–H and O–H groups in total. The van der Waals surface area contributed by atoms with Crippen LogP contribution in [0.2, 0.25) is 0 Å². The second-order valence-electron chi connectivity index (χ2n) is 5.31. The van der Waals surface area contributed by atoms with Gasteiger partial charge in [0.1, 0.15) is 0 Å². The third-order valence-electron chi connectivity index (χ3n) is 3.82. The van der Waals surface area contributed by atoms with E-state index in [0.717, 1.165) is 24.1 Å². The number of rotatable bonds is 2. The number of nitrogens with one attached hydrogen (secondary N) is 1. The molecule has 0 spiro atoms. The molecule has 0 aliphatic carbocycles. The molecule has 0 atom stereocenters. The number of alkyl halides is 3. The van der Waals surface area contributed by atoms with Crippen molar-refractivity contribution in [3.8, 4) is 11.4 Å². The molecule has 0 radical (unpaired) electrons. The third kappa shape index (κ3) is 2.96. The van der Waals surface area contributed by atoms with Crippen LogP contribution in [0.5, 0.6) is 0 Å². The second-order valence-corrected chi connectivity index (χ2v) is 5.31. The van der Waals surface area contributed by atoms with Crippen LogP contribution in [0, 0.1) is 6.92 Å². The number of aromatic amines is 1. The molecular weight excluding hydrogens is 297 g/mol. The summed E-state index contributed by atoms with van der Waals surface area (Å²) in [6.45, 7) is 3.28. The van der Waals surface area contributed by atoms with Crippen molar-refractivity contribution >= 4 is 0 Å². The second kappa shape index (κ2) is 5.68. The molecule has 0 amide bonds. The van der Waals surface area contributed by atoms with Crippen molar-refractivity contribution < 1.29 is 17.9 Å². The van der Waals surface area contributed by atoms with E-state index in [-0.39, 0.29) is 5.82 Å². The van der Waals surface area contributed by atoms with Crippen molar-refractivity contribution in [3.05, 3.63) is 29.3 Å². The van der Waals surface area contributed by atoms with Gasteiger partial charge in [-0.1, -0.05) is 0 Å². The highest BCUT2D eigenvalue weighted by atomic mass is 19.4. The van der Waals surface area contributed by atoms with Gasteiger partial charge in [-0.3, -0.25) is 4.98 Å². The SMILES string of the molecule is Cc1ncc(-c2nnc(C(F)(F)F)[nH]2)cc1C1CCOCC1. The van der Waals surface area contributed by atoms with Crippen molar-refractivity contribution in [1.82, 2.24) is 20.2 Å². The Morgan fingerprint density at radius 1 is 1.23 bits per heavy atom. The van der Waals surface area contributed by atoms with Gasteiger partial charge in [0.2, 0.25) is 5.82 Å². The van der Waals surface area contributed by atoms with Gasteiger partial charge in [0, 0.05) is 30.7 Å². The fraction of sp³-hybridized carbons (Fsp3) is 0.500. The summed E-state index contributed by atoms with van der Waals surface area (Å²) in [5.41, 5.74) is 2.42. The molecule has 1 saturated heterocycles. The number of hydrogen-bond acceptors (Lipinski definition) is 4. The number of halogens is 3. The lowest BCUT2D eigenvalue weighted by molar-refractivity contribution is -0.144. The normalized spacial score (nSPS) is 16.9. The number of pyridine rings is 1. The Hall–Kier alpha value is -1.96. The summed E-state index contributed by atoms with van der Waals surface area (Å²) in [5, 5.41) is 6.73. The summed E-state index contributed by atoms with van der Waals surface area (Å²) in [6, 6.07) is 1.85. The van der Waals surface area contributed by atoms with Crippen molar-refractivity contribution in [1.29, 1.82) is 0 Å². The Morgan fingerprint density at radius 3 is 2.59 bits per heavy atom. The molecule has 8 heteroatoms. The lowest BCUT2D eigenvalue weighted by Gasteiger charge is -2.23. The lowest BCUT2D eigenvalue weighted by atomic mass is 9.90. The van der Waals surface area contributed by atoms with Crippen LogP contribution in [0.1, 0.15) is 35.8 Å². The molecule has 5 nitrogen and oxygen atoms in total. The minimum Gasteiger partial charge on any atom is -0.381 e. The van der Waals surface area contributed by atoms with E-state index >= 15 is 0 Å². The first-order valence-corrected chi connectivity index (χ1v) is 6.99. The summed E-state index contributed by atoms with van der Waals surface area (Å²) in [6.07, 6.45) is -1.25. The Bertz CT molecular complexity index is 662. The molecule has 118 valence electrons. The molecular formula is C14H15F3N4O. The Labute approximate surface area is 124 Å². The Balaban J connectivity index is 1.93. The van der Waals surface area contributed by atoms with E-state index in [2.05, 4.69) is 20.2 Å². The molecule has 1 aliphatic rings. The summed E-state index contributed by atoms with van der Waals surface area (Å²) in [5.74, 6) is -0.713. The Kier molecular flexibility index (Phi) is 3.86. The zero-order chi connectivity index (χ0) is 15.7. The average molecular weight is 312 g/mol. The minimum atomic E-state index is -4.53. The highest BCUT2D eigenvalue weighted by Crippen LogP contribution is 2.32. The zero-order valence-electron chi connectivity index (χ0n) is 11.9. The van der Waals surface area contributed by atoms with Crippen LogP contribution in [0.25, 0.3) is 11.4 Å². The van der Waals surface area contributed by atoms with Gasteiger partial charge in [0.15, 0.2) is 5.82 Å². The number of aryl methyl sites for hydroxylation is 1. The van der Waals surface area contributed by atoms with Gasteiger partial charge < -0.3 is 9.72 Å². The first kappa shape index (κ1) is 15.0. The fourth-order valence-corrected chi connectivity index (χ4v) is 2.62. The van der Waals surface area contributed by atoms with E-state index in [0.29, 0.717) is 24.7 Å². The topological polar surface area (TPSA) is 63.7 Å². The number of hydrogen-bond donors (Lipinski definition) is 1. The summed E-state index contributed by atoms with van der Waals surface area (Å²) < 4.78 is 43.1. The van der Waals surface area contributed by atoms with Crippen molar-refractivity contribution in [2.45, 2.75) is 31.9 Å². The predicted molar refractivity (Wildman–Crippen MR) is 72.1 cm³/mol. The molecule has 0 aromatic carbocycles. The maximum Gasteiger partial charge on any atom is 0.451 e. The van der Waals surface area contributed by atoms with Crippen LogP contribution in [-0.4, -0.2) is 33.4 Å². The van der Waals surface area contributed by atoms with Gasteiger partial charge in [0.25, 0.3) is 0 Å². The van der Waals surface area contributed by atoms with Crippen LogP contribution >= 0.6 is 0 Å². The summed E-state index contributed by atoms with van der Waals surface area (Å²) in [4.78, 5) is 6.50. The number of H-pyrrole nitrogens is 1. The quantitative estimate of drug-likeness (QED) is 0.925. The number of ether oxygens (including phenoxy) is 1. The molecule has 0 bridgehead atoms. The third-order valence-corrected chi connectivity index (χ3v) is 3.82. The van der Waals surface area contributed by atoms with Gasteiger partial charge in [-0.15, -0.1) is 10.2 Å². The maximum atomic E-state index is 12.6. The fourth-order valence-electron chi connectivity index (χ4n) is 2.62. The van der Waals surface area contributed by atoms with E-state index in [1.165, 1.54) is 6.20 Å². The van der Waals surface area contributed by atoms with Gasteiger partial charge in [-0.2, -0.15) is 13.2 Å². The standard InChI is InChI=1S/C14H15F3N4O/c1-8-11(9-2-4-22-5-3-9)6-10(7-18-8)12-19-13(21-20-12)14(15,16)17/h6-7,9H,2-5H2,1H3,(H,19,20,21). The molecule has 0 saturated carbocycles. The van der Waals surface area contributed by atoms with Gasteiger partial charge in [-0.05, 0) is 37.3 Å². The van der Waals surface area contributed by atoms with Crippen molar-refractivity contribution in [2.75, 3.05) is 13.2 Å². The summed E-state index contributed by atoms with van der Waals surface area (Å²) in [7, 11) is 0. The van der Waals surface area contributed by atoms with Gasteiger partial charge in [0.05, 0.1) is 0 Å². The molecule has 0 unspecified atom stereocenters. The van der Waals surface area contributed by atoms with E-state index < -0.39 is 12.0 Å². The Morgan fingerprint density at radius 2 is 1.95 bits per heavy atom. The van der Waals surface area contributed by atoms with E-state index in [1.54, 1.807) is 0 Å². The summed E-state index contributed by atoms with van der Waals surface area (Å²) >= 11 is 0.